The maximum atomic E-state index is 2.68. The van der Waals surface area contributed by atoms with Gasteiger partial charge in [-0.1, -0.05) is 77.2 Å². The molecule has 3 saturated carbocycles. The molecule has 0 aromatic rings. The van der Waals surface area contributed by atoms with E-state index >= 15 is 0 Å². The van der Waals surface area contributed by atoms with Crippen LogP contribution in [0.5, 0.6) is 0 Å². The average Bonchev–Trinajstić information content (AvgIpc) is 2.96. The van der Waals surface area contributed by atoms with E-state index in [1.165, 1.54) is 70.6 Å². The SMILES string of the molecule is CC(C)CCCCC1CCC2C3=CC=C4CC(C)CCC4(C)C3CCC12C. The van der Waals surface area contributed by atoms with Crippen LogP contribution in [-0.2, 0) is 0 Å². The summed E-state index contributed by atoms with van der Waals surface area (Å²) in [5.74, 6) is 4.51. The van der Waals surface area contributed by atoms with Crippen molar-refractivity contribution in [3.05, 3.63) is 23.3 Å². The van der Waals surface area contributed by atoms with Crippen molar-refractivity contribution in [2.45, 2.75) is 105 Å². The lowest BCUT2D eigenvalue weighted by molar-refractivity contribution is 0.0613. The molecule has 0 aromatic carbocycles. The Balaban J connectivity index is 1.49. The molecule has 0 heterocycles. The summed E-state index contributed by atoms with van der Waals surface area (Å²) < 4.78 is 0. The average molecular weight is 369 g/mol. The zero-order chi connectivity index (χ0) is 19.2. The van der Waals surface area contributed by atoms with Crippen molar-refractivity contribution >= 4 is 0 Å². The van der Waals surface area contributed by atoms with Crippen LogP contribution in [-0.4, -0.2) is 0 Å². The molecule has 0 aromatic heterocycles. The van der Waals surface area contributed by atoms with Gasteiger partial charge in [-0.2, -0.15) is 0 Å². The van der Waals surface area contributed by atoms with Crippen molar-refractivity contribution in [3.8, 4) is 0 Å². The van der Waals surface area contributed by atoms with Crippen LogP contribution in [0.2, 0.25) is 0 Å². The number of hydrogen-bond acceptors (Lipinski definition) is 0. The molecule has 0 heteroatoms. The van der Waals surface area contributed by atoms with Gasteiger partial charge in [0, 0.05) is 0 Å². The Kier molecular flexibility index (Phi) is 5.41. The van der Waals surface area contributed by atoms with Crippen LogP contribution >= 0.6 is 0 Å². The van der Waals surface area contributed by atoms with Gasteiger partial charge in [-0.05, 0) is 91.8 Å². The minimum Gasteiger partial charge on any atom is -0.0634 e. The predicted octanol–water partition coefficient (Wildman–Crippen LogP) is 8.34. The van der Waals surface area contributed by atoms with Gasteiger partial charge in [0.25, 0.3) is 0 Å². The molecule has 6 atom stereocenters. The molecule has 0 spiro atoms. The van der Waals surface area contributed by atoms with Gasteiger partial charge in [0.05, 0.1) is 0 Å². The summed E-state index contributed by atoms with van der Waals surface area (Å²) in [4.78, 5) is 0. The van der Waals surface area contributed by atoms with E-state index in [1.807, 2.05) is 5.57 Å². The molecule has 0 nitrogen and oxygen atoms in total. The molecule has 3 fully saturated rings. The van der Waals surface area contributed by atoms with Crippen LogP contribution in [0.4, 0.5) is 0 Å². The first kappa shape index (κ1) is 19.8. The molecule has 4 aliphatic carbocycles. The van der Waals surface area contributed by atoms with Gasteiger partial charge < -0.3 is 0 Å². The number of fused-ring (bicyclic) bond motifs is 5. The standard InChI is InChI=1S/C27H44/c1-19(2)8-6-7-9-21-11-13-24-23-12-10-22-18-20(3)14-16-27(22,5)25(23)15-17-26(21,24)4/h10,12,19-21,24-25H,6-9,11,13-18H2,1-5H3. The molecule has 0 amide bonds. The van der Waals surface area contributed by atoms with Gasteiger partial charge in [-0.3, -0.25) is 0 Å². The fourth-order valence-corrected chi connectivity index (χ4v) is 7.71. The molecule has 0 radical (unpaired) electrons. The minimum absolute atomic E-state index is 0.493. The second-order valence-corrected chi connectivity index (χ2v) is 11.7. The van der Waals surface area contributed by atoms with Crippen LogP contribution in [0.25, 0.3) is 0 Å². The smallest absolute Gasteiger partial charge is 0.00474 e. The predicted molar refractivity (Wildman–Crippen MR) is 118 cm³/mol. The van der Waals surface area contributed by atoms with Crippen molar-refractivity contribution < 1.29 is 0 Å². The zero-order valence-corrected chi connectivity index (χ0v) is 18.8. The third kappa shape index (κ3) is 3.38. The van der Waals surface area contributed by atoms with Crippen molar-refractivity contribution in [2.24, 2.45) is 40.4 Å². The highest BCUT2D eigenvalue weighted by Crippen LogP contribution is 2.65. The molecule has 4 aliphatic rings. The van der Waals surface area contributed by atoms with E-state index in [1.54, 1.807) is 5.57 Å². The van der Waals surface area contributed by atoms with Crippen LogP contribution < -0.4 is 0 Å². The lowest BCUT2D eigenvalue weighted by Crippen LogP contribution is -2.45. The molecule has 0 saturated heterocycles. The monoisotopic (exact) mass is 368 g/mol. The van der Waals surface area contributed by atoms with Gasteiger partial charge >= 0.3 is 0 Å². The number of allylic oxidation sites excluding steroid dienone is 4. The Bertz CT molecular complexity index is 608. The second-order valence-electron chi connectivity index (χ2n) is 11.7. The third-order valence-electron chi connectivity index (χ3n) is 9.60. The largest absolute Gasteiger partial charge is 0.0634 e. The van der Waals surface area contributed by atoms with Crippen molar-refractivity contribution in [2.75, 3.05) is 0 Å². The van der Waals surface area contributed by atoms with Gasteiger partial charge in [0.2, 0.25) is 0 Å². The van der Waals surface area contributed by atoms with E-state index in [2.05, 4.69) is 46.8 Å². The zero-order valence-electron chi connectivity index (χ0n) is 18.8. The summed E-state index contributed by atoms with van der Waals surface area (Å²) in [5.41, 5.74) is 4.77. The lowest BCUT2D eigenvalue weighted by Gasteiger charge is -2.55. The van der Waals surface area contributed by atoms with Gasteiger partial charge in [-0.15, -0.1) is 0 Å². The first-order valence-corrected chi connectivity index (χ1v) is 12.3. The summed E-state index contributed by atoms with van der Waals surface area (Å²) in [6, 6.07) is 0. The Labute approximate surface area is 169 Å². The molecular formula is C27H44. The van der Waals surface area contributed by atoms with Crippen molar-refractivity contribution in [1.29, 1.82) is 0 Å². The number of rotatable bonds is 5. The fraction of sp³-hybridized carbons (Fsp3) is 0.852. The van der Waals surface area contributed by atoms with E-state index in [-0.39, 0.29) is 0 Å². The molecular weight excluding hydrogens is 324 g/mol. The molecule has 152 valence electrons. The Morgan fingerprint density at radius 3 is 2.56 bits per heavy atom. The summed E-state index contributed by atoms with van der Waals surface area (Å²) in [6.07, 6.45) is 21.2. The second kappa shape index (κ2) is 7.38. The van der Waals surface area contributed by atoms with E-state index in [0.29, 0.717) is 10.8 Å². The quantitative estimate of drug-likeness (QED) is 0.428. The maximum absolute atomic E-state index is 2.68. The number of unbranched alkanes of at least 4 members (excludes halogenated alkanes) is 1. The fourth-order valence-electron chi connectivity index (χ4n) is 7.71. The van der Waals surface area contributed by atoms with Crippen LogP contribution in [0.1, 0.15) is 105 Å². The van der Waals surface area contributed by atoms with Gasteiger partial charge in [0.15, 0.2) is 0 Å². The van der Waals surface area contributed by atoms with E-state index in [0.717, 1.165) is 29.6 Å². The topological polar surface area (TPSA) is 0 Å². The van der Waals surface area contributed by atoms with E-state index < -0.39 is 0 Å². The first-order valence-electron chi connectivity index (χ1n) is 12.3. The summed E-state index contributed by atoms with van der Waals surface area (Å²) in [7, 11) is 0. The maximum Gasteiger partial charge on any atom is -0.00474 e. The van der Waals surface area contributed by atoms with Crippen LogP contribution in [0.15, 0.2) is 23.3 Å². The first-order chi connectivity index (χ1) is 12.8. The lowest BCUT2D eigenvalue weighted by atomic mass is 9.50. The minimum atomic E-state index is 0.493. The normalized spacial score (nSPS) is 43.6. The van der Waals surface area contributed by atoms with Gasteiger partial charge in [0.1, 0.15) is 0 Å². The summed E-state index contributed by atoms with van der Waals surface area (Å²) >= 11 is 0. The highest BCUT2D eigenvalue weighted by atomic mass is 14.6. The number of hydrogen-bond donors (Lipinski definition) is 0. The third-order valence-corrected chi connectivity index (χ3v) is 9.60. The molecule has 0 aliphatic heterocycles. The van der Waals surface area contributed by atoms with Crippen molar-refractivity contribution in [3.63, 3.8) is 0 Å². The molecule has 6 unspecified atom stereocenters. The van der Waals surface area contributed by atoms with E-state index in [9.17, 15) is 0 Å². The Hall–Kier alpha value is -0.520. The highest BCUT2D eigenvalue weighted by molar-refractivity contribution is 5.38. The van der Waals surface area contributed by atoms with Gasteiger partial charge in [-0.25, -0.2) is 0 Å². The van der Waals surface area contributed by atoms with Crippen LogP contribution in [0, 0.1) is 40.4 Å². The highest BCUT2D eigenvalue weighted by Gasteiger charge is 2.55. The summed E-state index contributed by atoms with van der Waals surface area (Å²) in [6.45, 7) is 12.5. The van der Waals surface area contributed by atoms with E-state index in [4.69, 9.17) is 0 Å². The Morgan fingerprint density at radius 2 is 1.78 bits per heavy atom. The summed E-state index contributed by atoms with van der Waals surface area (Å²) in [5, 5.41) is 0. The Morgan fingerprint density at radius 1 is 0.963 bits per heavy atom. The molecule has 4 rings (SSSR count). The molecule has 0 N–H and O–H groups in total. The molecule has 27 heavy (non-hydrogen) atoms. The van der Waals surface area contributed by atoms with Crippen LogP contribution in [0.3, 0.4) is 0 Å². The van der Waals surface area contributed by atoms with Crippen molar-refractivity contribution in [1.82, 2.24) is 0 Å². The molecule has 0 bridgehead atoms.